The average molecular weight is 275 g/mol. The Morgan fingerprint density at radius 3 is 2.28 bits per heavy atom. The van der Waals surface area contributed by atoms with Gasteiger partial charge in [-0.05, 0) is 26.2 Å². The van der Waals surface area contributed by atoms with Gasteiger partial charge < -0.3 is 13.6 Å². The van der Waals surface area contributed by atoms with Gasteiger partial charge in [0.2, 0.25) is 0 Å². The van der Waals surface area contributed by atoms with Gasteiger partial charge in [0.1, 0.15) is 0 Å². The molecule has 4 nitrogen and oxygen atoms in total. The smallest absolute Gasteiger partial charge is 0.384 e. The SMILES string of the molecule is COC(CO[SiH]1OCCN1C(C)(C)C)C(C)(C)C. The van der Waals surface area contributed by atoms with E-state index in [0.717, 1.165) is 13.2 Å². The van der Waals surface area contributed by atoms with Gasteiger partial charge in [-0.25, -0.2) is 0 Å². The molecule has 1 saturated heterocycles. The van der Waals surface area contributed by atoms with Gasteiger partial charge in [0, 0.05) is 25.8 Å². The van der Waals surface area contributed by atoms with Crippen LogP contribution in [0.4, 0.5) is 0 Å². The highest BCUT2D eigenvalue weighted by Gasteiger charge is 2.38. The van der Waals surface area contributed by atoms with Crippen LogP contribution in [-0.4, -0.2) is 52.5 Å². The molecule has 0 aliphatic carbocycles. The van der Waals surface area contributed by atoms with E-state index in [0.29, 0.717) is 6.61 Å². The van der Waals surface area contributed by atoms with Crippen molar-refractivity contribution < 1.29 is 13.6 Å². The summed E-state index contributed by atoms with van der Waals surface area (Å²) in [7, 11) is 0.0383. The van der Waals surface area contributed by atoms with E-state index in [1.807, 2.05) is 0 Å². The monoisotopic (exact) mass is 275 g/mol. The molecule has 1 heterocycles. The molecule has 0 aromatic carbocycles. The van der Waals surface area contributed by atoms with Crippen LogP contribution >= 0.6 is 0 Å². The minimum atomic E-state index is -1.71. The third-order valence-corrected chi connectivity index (χ3v) is 5.89. The molecule has 5 heteroatoms. The molecule has 0 aromatic rings. The Morgan fingerprint density at radius 2 is 1.83 bits per heavy atom. The first-order valence-corrected chi connectivity index (χ1v) is 8.15. The molecule has 1 fully saturated rings. The quantitative estimate of drug-likeness (QED) is 0.734. The molecule has 0 saturated carbocycles. The summed E-state index contributed by atoms with van der Waals surface area (Å²) in [5, 5.41) is 0. The molecule has 0 aromatic heterocycles. The van der Waals surface area contributed by atoms with Gasteiger partial charge >= 0.3 is 9.45 Å². The van der Waals surface area contributed by atoms with Crippen LogP contribution < -0.4 is 0 Å². The molecule has 0 N–H and O–H groups in total. The minimum absolute atomic E-state index is 0.0916. The Kier molecular flexibility index (Phi) is 5.38. The first-order valence-electron chi connectivity index (χ1n) is 6.69. The van der Waals surface area contributed by atoms with Gasteiger partial charge in [0.25, 0.3) is 0 Å². The van der Waals surface area contributed by atoms with Crippen LogP contribution in [0.5, 0.6) is 0 Å². The molecule has 0 radical (unpaired) electrons. The summed E-state index contributed by atoms with van der Waals surface area (Å²) >= 11 is 0. The lowest BCUT2D eigenvalue weighted by molar-refractivity contribution is -0.0241. The second kappa shape index (κ2) is 6.01. The van der Waals surface area contributed by atoms with Crippen LogP contribution in [0.1, 0.15) is 41.5 Å². The van der Waals surface area contributed by atoms with Gasteiger partial charge in [0.15, 0.2) is 0 Å². The van der Waals surface area contributed by atoms with Crippen molar-refractivity contribution in [3.63, 3.8) is 0 Å². The topological polar surface area (TPSA) is 30.9 Å². The van der Waals surface area contributed by atoms with E-state index in [1.54, 1.807) is 7.11 Å². The van der Waals surface area contributed by atoms with Crippen LogP contribution in [0.3, 0.4) is 0 Å². The second-order valence-electron chi connectivity index (χ2n) is 6.97. The summed E-state index contributed by atoms with van der Waals surface area (Å²) in [6.07, 6.45) is 0.107. The maximum Gasteiger partial charge on any atom is 0.411 e. The van der Waals surface area contributed by atoms with Crippen LogP contribution in [0.15, 0.2) is 0 Å². The van der Waals surface area contributed by atoms with E-state index in [1.165, 1.54) is 0 Å². The van der Waals surface area contributed by atoms with Crippen molar-refractivity contribution in [3.05, 3.63) is 0 Å². The third-order valence-electron chi connectivity index (χ3n) is 3.35. The third kappa shape index (κ3) is 4.31. The van der Waals surface area contributed by atoms with Crippen molar-refractivity contribution in [1.82, 2.24) is 4.57 Å². The first kappa shape index (κ1) is 16.1. The molecule has 0 spiro atoms. The summed E-state index contributed by atoms with van der Waals surface area (Å²) in [6, 6.07) is 0. The van der Waals surface area contributed by atoms with Crippen molar-refractivity contribution in [1.29, 1.82) is 0 Å². The lowest BCUT2D eigenvalue weighted by Gasteiger charge is -2.35. The maximum absolute atomic E-state index is 6.04. The summed E-state index contributed by atoms with van der Waals surface area (Å²) in [4.78, 5) is 0. The number of rotatable bonds is 4. The van der Waals surface area contributed by atoms with Crippen molar-refractivity contribution in [2.75, 3.05) is 26.9 Å². The van der Waals surface area contributed by atoms with Crippen molar-refractivity contribution >= 4 is 9.45 Å². The van der Waals surface area contributed by atoms with Crippen molar-refractivity contribution in [3.8, 4) is 0 Å². The first-order chi connectivity index (χ1) is 8.16. The average Bonchev–Trinajstić information content (AvgIpc) is 2.64. The number of ether oxygens (including phenoxy) is 1. The Labute approximate surface area is 114 Å². The fourth-order valence-electron chi connectivity index (χ4n) is 2.08. The van der Waals surface area contributed by atoms with E-state index in [4.69, 9.17) is 13.6 Å². The standard InChI is InChI=1S/C13H29NO3Si/c1-12(2,3)11(15-7)10-17-18-14(8-9-16-18)13(4,5)6/h11,18H,8-10H2,1-7H3. The maximum atomic E-state index is 6.04. The molecule has 0 bridgehead atoms. The summed E-state index contributed by atoms with van der Waals surface area (Å²) in [5.41, 5.74) is 0.214. The summed E-state index contributed by atoms with van der Waals surface area (Å²) < 4.78 is 19.7. The highest BCUT2D eigenvalue weighted by atomic mass is 28.3. The van der Waals surface area contributed by atoms with Crippen LogP contribution in [-0.2, 0) is 13.6 Å². The number of methoxy groups -OCH3 is 1. The Bertz CT molecular complexity index is 260. The van der Waals surface area contributed by atoms with E-state index >= 15 is 0 Å². The van der Waals surface area contributed by atoms with Crippen LogP contribution in [0.2, 0.25) is 0 Å². The zero-order chi connectivity index (χ0) is 14.0. The normalized spacial score (nSPS) is 24.5. The number of nitrogens with zero attached hydrogens (tertiary/aromatic N) is 1. The largest absolute Gasteiger partial charge is 0.411 e. The van der Waals surface area contributed by atoms with E-state index < -0.39 is 9.45 Å². The summed E-state index contributed by atoms with van der Waals surface area (Å²) in [6.45, 7) is 15.5. The number of hydrogen-bond donors (Lipinski definition) is 0. The zero-order valence-electron chi connectivity index (χ0n) is 12.9. The molecule has 18 heavy (non-hydrogen) atoms. The number of hydrogen-bond acceptors (Lipinski definition) is 4. The molecule has 1 aliphatic rings. The molecule has 108 valence electrons. The predicted molar refractivity (Wildman–Crippen MR) is 75.8 cm³/mol. The van der Waals surface area contributed by atoms with Gasteiger partial charge in [-0.15, -0.1) is 0 Å². The highest BCUT2D eigenvalue weighted by Crippen LogP contribution is 2.24. The Morgan fingerprint density at radius 1 is 1.22 bits per heavy atom. The summed E-state index contributed by atoms with van der Waals surface area (Å²) in [5.74, 6) is 0. The highest BCUT2D eigenvalue weighted by molar-refractivity contribution is 6.42. The van der Waals surface area contributed by atoms with Crippen molar-refractivity contribution in [2.24, 2.45) is 5.41 Å². The van der Waals surface area contributed by atoms with E-state index in [2.05, 4.69) is 46.1 Å². The molecule has 0 amide bonds. The predicted octanol–water partition coefficient (Wildman–Crippen LogP) is 1.91. The molecule has 1 rings (SSSR count). The molecule has 1 aliphatic heterocycles. The second-order valence-corrected chi connectivity index (χ2v) is 8.87. The minimum Gasteiger partial charge on any atom is -0.384 e. The molecular weight excluding hydrogens is 246 g/mol. The van der Waals surface area contributed by atoms with E-state index in [-0.39, 0.29) is 17.1 Å². The Hall–Kier alpha value is 0.0569. The lowest BCUT2D eigenvalue weighted by Crippen LogP contribution is -2.50. The van der Waals surface area contributed by atoms with Crippen LogP contribution in [0.25, 0.3) is 0 Å². The van der Waals surface area contributed by atoms with Crippen LogP contribution in [0, 0.1) is 5.41 Å². The fourth-order valence-corrected chi connectivity index (χ4v) is 4.13. The molecule has 2 atom stereocenters. The zero-order valence-corrected chi connectivity index (χ0v) is 14.1. The lowest BCUT2D eigenvalue weighted by atomic mass is 9.90. The van der Waals surface area contributed by atoms with Gasteiger partial charge in [-0.2, -0.15) is 0 Å². The fraction of sp³-hybridized carbons (Fsp3) is 1.00. The van der Waals surface area contributed by atoms with Gasteiger partial charge in [-0.3, -0.25) is 4.57 Å². The Balaban J connectivity index is 2.52. The van der Waals surface area contributed by atoms with Gasteiger partial charge in [-0.1, -0.05) is 20.8 Å². The molecule has 2 unspecified atom stereocenters. The van der Waals surface area contributed by atoms with Crippen molar-refractivity contribution in [2.45, 2.75) is 53.2 Å². The van der Waals surface area contributed by atoms with E-state index in [9.17, 15) is 0 Å². The molecular formula is C13H29NO3Si. The van der Waals surface area contributed by atoms with Gasteiger partial charge in [0.05, 0.1) is 12.7 Å².